The van der Waals surface area contributed by atoms with Gasteiger partial charge in [-0.05, 0) is 55.7 Å². The lowest BCUT2D eigenvalue weighted by Gasteiger charge is -2.41. The molecule has 0 fully saturated rings. The Morgan fingerprint density at radius 3 is 2.21 bits per heavy atom. The molecule has 0 aliphatic carbocycles. The Balaban J connectivity index is 2.17. The predicted molar refractivity (Wildman–Crippen MR) is 110 cm³/mol. The minimum absolute atomic E-state index is 0.180. The molecule has 7 nitrogen and oxygen atoms in total. The molecule has 7 heteroatoms. The summed E-state index contributed by atoms with van der Waals surface area (Å²) in [5, 5.41) is 9.80. The fraction of sp³-hybridized carbons (Fsp3) is 0.318. The summed E-state index contributed by atoms with van der Waals surface area (Å²) in [4.78, 5) is 40.5. The molecule has 1 atom stereocenters. The van der Waals surface area contributed by atoms with E-state index in [2.05, 4.69) is 0 Å². The van der Waals surface area contributed by atoms with Crippen LogP contribution in [-0.4, -0.2) is 42.8 Å². The molecule has 1 N–H and O–H groups in total. The number of carbonyl (C=O) groups is 3. The third-order valence-corrected chi connectivity index (χ3v) is 5.38. The van der Waals surface area contributed by atoms with Crippen LogP contribution in [0.3, 0.4) is 0 Å². The molecule has 0 aromatic heterocycles. The molecular formula is C22H24N2O5. The van der Waals surface area contributed by atoms with Crippen molar-refractivity contribution in [3.8, 4) is 0 Å². The van der Waals surface area contributed by atoms with Crippen LogP contribution in [0.25, 0.3) is 0 Å². The smallest absolute Gasteiger partial charge is 0.412 e. The van der Waals surface area contributed by atoms with Crippen LogP contribution in [0.5, 0.6) is 0 Å². The van der Waals surface area contributed by atoms with Crippen molar-refractivity contribution >= 4 is 29.3 Å². The summed E-state index contributed by atoms with van der Waals surface area (Å²) < 4.78 is 4.81. The number of carboxylic acid groups (broad SMARTS) is 1. The van der Waals surface area contributed by atoms with E-state index < -0.39 is 18.1 Å². The lowest BCUT2D eigenvalue weighted by atomic mass is 9.98. The molecule has 3 rings (SSSR count). The number of methoxy groups -OCH3 is 1. The van der Waals surface area contributed by atoms with Crippen molar-refractivity contribution < 1.29 is 24.2 Å². The third kappa shape index (κ3) is 3.55. The van der Waals surface area contributed by atoms with Gasteiger partial charge in [0, 0.05) is 6.54 Å². The zero-order valence-corrected chi connectivity index (χ0v) is 16.9. The van der Waals surface area contributed by atoms with Crippen molar-refractivity contribution in [2.24, 2.45) is 0 Å². The lowest BCUT2D eigenvalue weighted by Crippen LogP contribution is -2.53. The van der Waals surface area contributed by atoms with Crippen LogP contribution in [0.4, 0.5) is 16.2 Å². The number of hydrogen-bond acceptors (Lipinski definition) is 4. The van der Waals surface area contributed by atoms with E-state index in [1.54, 1.807) is 35.2 Å². The predicted octanol–water partition coefficient (Wildman–Crippen LogP) is 4.01. The SMILES string of the molecule is CCC1CN(C(=O)c2ccccc2C(=O)OC)c2cc(C)c(C)cc2N1C(=O)O. The van der Waals surface area contributed by atoms with Crippen molar-refractivity contribution in [3.63, 3.8) is 0 Å². The van der Waals surface area contributed by atoms with Crippen LogP contribution in [0.15, 0.2) is 36.4 Å². The molecule has 0 saturated heterocycles. The summed E-state index contributed by atoms with van der Waals surface area (Å²) in [5.41, 5.74) is 3.28. The third-order valence-electron chi connectivity index (χ3n) is 5.38. The first-order chi connectivity index (χ1) is 13.8. The average molecular weight is 396 g/mol. The summed E-state index contributed by atoms with van der Waals surface area (Å²) in [5.74, 6) is -0.954. The van der Waals surface area contributed by atoms with E-state index in [0.717, 1.165) is 11.1 Å². The van der Waals surface area contributed by atoms with E-state index in [0.29, 0.717) is 17.8 Å². The Kier molecular flexibility index (Phi) is 5.59. The molecule has 1 aliphatic rings. The van der Waals surface area contributed by atoms with E-state index in [9.17, 15) is 19.5 Å². The number of esters is 1. The number of aryl methyl sites for hydroxylation is 2. The van der Waals surface area contributed by atoms with Gasteiger partial charge >= 0.3 is 12.1 Å². The standard InChI is InChI=1S/C22H24N2O5/c1-5-15-12-23(20(25)16-8-6-7-9-17(16)21(26)29-4)18-10-13(2)14(3)11-19(18)24(15)22(27)28/h6-11,15H,5,12H2,1-4H3,(H,27,28). The van der Waals surface area contributed by atoms with Crippen molar-refractivity contribution in [1.29, 1.82) is 0 Å². The van der Waals surface area contributed by atoms with Gasteiger partial charge in [-0.3, -0.25) is 9.69 Å². The van der Waals surface area contributed by atoms with E-state index in [-0.39, 0.29) is 23.6 Å². The lowest BCUT2D eigenvalue weighted by molar-refractivity contribution is 0.0597. The van der Waals surface area contributed by atoms with E-state index in [1.807, 2.05) is 26.8 Å². The van der Waals surface area contributed by atoms with E-state index >= 15 is 0 Å². The number of benzene rings is 2. The van der Waals surface area contributed by atoms with Crippen molar-refractivity contribution in [2.45, 2.75) is 33.2 Å². The summed E-state index contributed by atoms with van der Waals surface area (Å²) in [6.45, 7) is 5.91. The fourth-order valence-electron chi connectivity index (χ4n) is 3.65. The summed E-state index contributed by atoms with van der Waals surface area (Å²) in [7, 11) is 1.27. The van der Waals surface area contributed by atoms with Crippen molar-refractivity contribution in [2.75, 3.05) is 23.5 Å². The second-order valence-corrected chi connectivity index (χ2v) is 7.09. The Morgan fingerprint density at radius 2 is 1.66 bits per heavy atom. The molecule has 0 radical (unpaired) electrons. The van der Waals surface area contributed by atoms with Crippen LogP contribution >= 0.6 is 0 Å². The maximum Gasteiger partial charge on any atom is 0.412 e. The molecule has 0 spiro atoms. The van der Waals surface area contributed by atoms with Crippen LogP contribution in [-0.2, 0) is 4.74 Å². The first kappa shape index (κ1) is 20.4. The number of amides is 2. The Labute approximate surface area is 169 Å². The van der Waals surface area contributed by atoms with Gasteiger partial charge in [0.05, 0.1) is 35.7 Å². The van der Waals surface area contributed by atoms with Gasteiger partial charge in [0.15, 0.2) is 0 Å². The number of ether oxygens (including phenoxy) is 1. The van der Waals surface area contributed by atoms with Gasteiger partial charge in [-0.15, -0.1) is 0 Å². The molecule has 2 aromatic carbocycles. The minimum Gasteiger partial charge on any atom is -0.465 e. The highest BCUT2D eigenvalue weighted by molar-refractivity contribution is 6.14. The number of carbonyl (C=O) groups excluding carboxylic acids is 2. The maximum absolute atomic E-state index is 13.5. The van der Waals surface area contributed by atoms with Crippen LogP contribution in [0, 0.1) is 13.8 Å². The molecule has 1 unspecified atom stereocenters. The van der Waals surface area contributed by atoms with Gasteiger partial charge < -0.3 is 14.7 Å². The molecule has 0 bridgehead atoms. The van der Waals surface area contributed by atoms with Crippen LogP contribution in [0.2, 0.25) is 0 Å². The highest BCUT2D eigenvalue weighted by atomic mass is 16.5. The number of anilines is 2. The van der Waals surface area contributed by atoms with Crippen LogP contribution < -0.4 is 9.80 Å². The Morgan fingerprint density at radius 1 is 1.07 bits per heavy atom. The van der Waals surface area contributed by atoms with Gasteiger partial charge in [-0.2, -0.15) is 0 Å². The largest absolute Gasteiger partial charge is 0.465 e. The van der Waals surface area contributed by atoms with Crippen molar-refractivity contribution in [1.82, 2.24) is 0 Å². The van der Waals surface area contributed by atoms with Gasteiger partial charge in [0.1, 0.15) is 0 Å². The van der Waals surface area contributed by atoms with E-state index in [4.69, 9.17) is 4.74 Å². The van der Waals surface area contributed by atoms with E-state index in [1.165, 1.54) is 12.0 Å². The molecule has 2 amide bonds. The minimum atomic E-state index is -1.05. The Hall–Kier alpha value is -3.35. The summed E-state index contributed by atoms with van der Waals surface area (Å²) >= 11 is 0. The molecule has 1 heterocycles. The number of hydrogen-bond donors (Lipinski definition) is 1. The average Bonchev–Trinajstić information content (AvgIpc) is 2.72. The number of nitrogens with zero attached hydrogens (tertiary/aromatic N) is 2. The molecular weight excluding hydrogens is 372 g/mol. The first-order valence-electron chi connectivity index (χ1n) is 9.42. The summed E-state index contributed by atoms with van der Waals surface area (Å²) in [6.07, 6.45) is -0.510. The summed E-state index contributed by atoms with van der Waals surface area (Å²) in [6, 6.07) is 9.72. The van der Waals surface area contributed by atoms with Gasteiger partial charge in [0.2, 0.25) is 0 Å². The number of fused-ring (bicyclic) bond motifs is 1. The number of rotatable bonds is 3. The van der Waals surface area contributed by atoms with Crippen molar-refractivity contribution in [3.05, 3.63) is 58.7 Å². The highest BCUT2D eigenvalue weighted by Gasteiger charge is 2.37. The zero-order chi connectivity index (χ0) is 21.3. The molecule has 29 heavy (non-hydrogen) atoms. The van der Waals surface area contributed by atoms with Crippen LogP contribution in [0.1, 0.15) is 45.2 Å². The normalized spacial score (nSPS) is 15.7. The van der Waals surface area contributed by atoms with Gasteiger partial charge in [-0.25, -0.2) is 9.59 Å². The zero-order valence-electron chi connectivity index (χ0n) is 16.9. The second-order valence-electron chi connectivity index (χ2n) is 7.09. The van der Waals surface area contributed by atoms with Gasteiger partial charge in [0.25, 0.3) is 5.91 Å². The molecule has 1 aliphatic heterocycles. The topological polar surface area (TPSA) is 87.2 Å². The monoisotopic (exact) mass is 396 g/mol. The second kappa shape index (κ2) is 7.95. The molecule has 2 aromatic rings. The Bertz CT molecular complexity index is 985. The van der Waals surface area contributed by atoms with Gasteiger partial charge in [-0.1, -0.05) is 19.1 Å². The first-order valence-corrected chi connectivity index (χ1v) is 9.42. The quantitative estimate of drug-likeness (QED) is 0.792. The highest BCUT2D eigenvalue weighted by Crippen LogP contribution is 2.39. The maximum atomic E-state index is 13.5. The molecule has 152 valence electrons. The molecule has 0 saturated carbocycles. The fourth-order valence-corrected chi connectivity index (χ4v) is 3.65.